The number of aryl methyl sites for hydroxylation is 1. The fraction of sp³-hybridized carbons (Fsp3) is 0.300. The van der Waals surface area contributed by atoms with E-state index in [4.69, 9.17) is 4.42 Å². The molecule has 0 fully saturated rings. The van der Waals surface area contributed by atoms with E-state index in [2.05, 4.69) is 14.8 Å². The number of hydrogen-bond donors (Lipinski definition) is 0. The van der Waals surface area contributed by atoms with Crippen LogP contribution in [0.4, 0.5) is 0 Å². The van der Waals surface area contributed by atoms with Crippen LogP contribution in [0.1, 0.15) is 22.1 Å². The Morgan fingerprint density at radius 2 is 2.38 bits per heavy atom. The van der Waals surface area contributed by atoms with Gasteiger partial charge < -0.3 is 9.15 Å². The number of furan rings is 1. The predicted octanol–water partition coefficient (Wildman–Crippen LogP) is 1.01. The summed E-state index contributed by atoms with van der Waals surface area (Å²) in [5.74, 6) is 1.10. The zero-order chi connectivity index (χ0) is 11.5. The van der Waals surface area contributed by atoms with E-state index in [1.807, 2.05) is 19.1 Å². The highest BCUT2D eigenvalue weighted by Gasteiger charge is 2.11. The van der Waals surface area contributed by atoms with Gasteiger partial charge in [-0.25, -0.2) is 14.5 Å². The molecule has 16 heavy (non-hydrogen) atoms. The molecular formula is C10H11N3O3. The third kappa shape index (κ3) is 2.10. The summed E-state index contributed by atoms with van der Waals surface area (Å²) in [6.45, 7) is 2.31. The normalized spacial score (nSPS) is 10.4. The number of carbonyl (C=O) groups is 1. The van der Waals surface area contributed by atoms with E-state index in [1.54, 1.807) is 0 Å². The first-order valence-corrected chi connectivity index (χ1v) is 4.72. The summed E-state index contributed by atoms with van der Waals surface area (Å²) in [5, 5.41) is 3.96. The van der Waals surface area contributed by atoms with Crippen molar-refractivity contribution in [2.75, 3.05) is 7.11 Å². The molecule has 0 radical (unpaired) electrons. The minimum absolute atomic E-state index is 0.0470. The van der Waals surface area contributed by atoms with Crippen LogP contribution >= 0.6 is 0 Å². The first-order chi connectivity index (χ1) is 7.69. The first kappa shape index (κ1) is 10.4. The largest absolute Gasteiger partial charge is 0.464 e. The van der Waals surface area contributed by atoms with Crippen LogP contribution < -0.4 is 0 Å². The molecule has 2 heterocycles. The fourth-order valence-electron chi connectivity index (χ4n) is 1.29. The lowest BCUT2D eigenvalue weighted by molar-refractivity contribution is 0.0586. The summed E-state index contributed by atoms with van der Waals surface area (Å²) in [7, 11) is 1.29. The molecule has 0 aromatic carbocycles. The summed E-state index contributed by atoms with van der Waals surface area (Å²) >= 11 is 0. The molecule has 2 rings (SSSR count). The van der Waals surface area contributed by atoms with Crippen LogP contribution in [0.15, 0.2) is 22.9 Å². The van der Waals surface area contributed by atoms with Gasteiger partial charge in [0.25, 0.3) is 5.82 Å². The lowest BCUT2D eigenvalue weighted by Crippen LogP contribution is -2.06. The number of hydrogen-bond acceptors (Lipinski definition) is 5. The quantitative estimate of drug-likeness (QED) is 0.723. The van der Waals surface area contributed by atoms with E-state index in [0.29, 0.717) is 6.54 Å². The molecule has 0 spiro atoms. The Morgan fingerprint density at radius 3 is 3.00 bits per heavy atom. The van der Waals surface area contributed by atoms with E-state index in [9.17, 15) is 4.79 Å². The fourth-order valence-corrected chi connectivity index (χ4v) is 1.29. The molecular weight excluding hydrogens is 210 g/mol. The molecule has 2 aromatic rings. The Kier molecular flexibility index (Phi) is 2.72. The molecule has 0 unspecified atom stereocenters. The Hall–Kier alpha value is -2.11. The van der Waals surface area contributed by atoms with Gasteiger partial charge >= 0.3 is 5.97 Å². The van der Waals surface area contributed by atoms with Crippen LogP contribution in [0.25, 0.3) is 0 Å². The lowest BCUT2D eigenvalue weighted by Gasteiger charge is -1.95. The number of rotatable bonds is 3. The molecule has 0 bridgehead atoms. The summed E-state index contributed by atoms with van der Waals surface area (Å²) in [6.07, 6.45) is 1.46. The topological polar surface area (TPSA) is 70.2 Å². The van der Waals surface area contributed by atoms with Gasteiger partial charge in [0.1, 0.15) is 24.4 Å². The zero-order valence-corrected chi connectivity index (χ0v) is 9.01. The van der Waals surface area contributed by atoms with Crippen LogP contribution in [0, 0.1) is 6.92 Å². The van der Waals surface area contributed by atoms with Crippen LogP contribution in [0.2, 0.25) is 0 Å². The van der Waals surface area contributed by atoms with E-state index in [1.165, 1.54) is 18.1 Å². The molecule has 0 amide bonds. The molecule has 6 heteroatoms. The average Bonchev–Trinajstić information content (AvgIpc) is 2.87. The Bertz CT molecular complexity index is 501. The van der Waals surface area contributed by atoms with Crippen LogP contribution in [0.5, 0.6) is 0 Å². The molecule has 2 aromatic heterocycles. The molecule has 0 aliphatic rings. The van der Waals surface area contributed by atoms with Gasteiger partial charge in [0.15, 0.2) is 0 Å². The van der Waals surface area contributed by atoms with Gasteiger partial charge in [-0.3, -0.25) is 0 Å². The first-order valence-electron chi connectivity index (χ1n) is 4.72. The van der Waals surface area contributed by atoms with E-state index in [-0.39, 0.29) is 5.82 Å². The van der Waals surface area contributed by atoms with Crippen molar-refractivity contribution in [2.45, 2.75) is 13.5 Å². The van der Waals surface area contributed by atoms with Crippen molar-refractivity contribution >= 4 is 5.97 Å². The van der Waals surface area contributed by atoms with Gasteiger partial charge in [0.05, 0.1) is 7.11 Å². The monoisotopic (exact) mass is 221 g/mol. The van der Waals surface area contributed by atoms with Crippen molar-refractivity contribution in [1.29, 1.82) is 0 Å². The molecule has 0 N–H and O–H groups in total. The molecule has 0 atom stereocenters. The van der Waals surface area contributed by atoms with Gasteiger partial charge in [0, 0.05) is 0 Å². The molecule has 0 aliphatic heterocycles. The lowest BCUT2D eigenvalue weighted by atomic mass is 10.4. The molecule has 84 valence electrons. The van der Waals surface area contributed by atoms with Crippen molar-refractivity contribution in [1.82, 2.24) is 14.8 Å². The SMILES string of the molecule is COC(=O)c1ncn(Cc2ccc(C)o2)n1. The highest BCUT2D eigenvalue weighted by atomic mass is 16.5. The second-order valence-corrected chi connectivity index (χ2v) is 3.27. The Labute approximate surface area is 91.8 Å². The van der Waals surface area contributed by atoms with Crippen molar-refractivity contribution in [3.8, 4) is 0 Å². The van der Waals surface area contributed by atoms with E-state index in [0.717, 1.165) is 11.5 Å². The average molecular weight is 221 g/mol. The van der Waals surface area contributed by atoms with Gasteiger partial charge in [-0.05, 0) is 19.1 Å². The summed E-state index contributed by atoms with van der Waals surface area (Å²) in [6, 6.07) is 3.72. The number of aromatic nitrogens is 3. The van der Waals surface area contributed by atoms with Crippen LogP contribution in [0.3, 0.4) is 0 Å². The van der Waals surface area contributed by atoms with Crippen molar-refractivity contribution < 1.29 is 13.9 Å². The van der Waals surface area contributed by atoms with Gasteiger partial charge in [-0.15, -0.1) is 5.10 Å². The molecule has 0 aliphatic carbocycles. The van der Waals surface area contributed by atoms with Crippen LogP contribution in [-0.2, 0) is 11.3 Å². The van der Waals surface area contributed by atoms with Crippen molar-refractivity contribution in [3.63, 3.8) is 0 Å². The third-order valence-corrected chi connectivity index (χ3v) is 2.02. The van der Waals surface area contributed by atoms with E-state index >= 15 is 0 Å². The Balaban J connectivity index is 2.11. The Morgan fingerprint density at radius 1 is 1.56 bits per heavy atom. The maximum atomic E-state index is 11.1. The number of carbonyl (C=O) groups excluding carboxylic acids is 1. The highest BCUT2D eigenvalue weighted by molar-refractivity contribution is 5.84. The summed E-state index contributed by atoms with van der Waals surface area (Å²) in [5.41, 5.74) is 0. The van der Waals surface area contributed by atoms with Crippen molar-refractivity contribution in [3.05, 3.63) is 35.8 Å². The number of nitrogens with zero attached hydrogens (tertiary/aromatic N) is 3. The highest BCUT2D eigenvalue weighted by Crippen LogP contribution is 2.07. The summed E-state index contributed by atoms with van der Waals surface area (Å²) < 4.78 is 11.4. The van der Waals surface area contributed by atoms with Crippen molar-refractivity contribution in [2.24, 2.45) is 0 Å². The predicted molar refractivity (Wildman–Crippen MR) is 53.9 cm³/mol. The third-order valence-electron chi connectivity index (χ3n) is 2.02. The second-order valence-electron chi connectivity index (χ2n) is 3.27. The standard InChI is InChI=1S/C10H11N3O3/c1-7-3-4-8(16-7)5-13-6-11-9(12-13)10(14)15-2/h3-4,6H,5H2,1-2H3. The smallest absolute Gasteiger partial charge is 0.377 e. The minimum Gasteiger partial charge on any atom is -0.464 e. The number of esters is 1. The van der Waals surface area contributed by atoms with Gasteiger partial charge in [-0.1, -0.05) is 0 Å². The maximum absolute atomic E-state index is 11.1. The maximum Gasteiger partial charge on any atom is 0.377 e. The van der Waals surface area contributed by atoms with Gasteiger partial charge in [-0.2, -0.15) is 0 Å². The number of ether oxygens (including phenoxy) is 1. The molecule has 0 saturated heterocycles. The molecule has 0 saturated carbocycles. The van der Waals surface area contributed by atoms with Gasteiger partial charge in [0.2, 0.25) is 0 Å². The summed E-state index contributed by atoms with van der Waals surface area (Å²) in [4.78, 5) is 14.9. The zero-order valence-electron chi connectivity index (χ0n) is 9.01. The molecule has 6 nitrogen and oxygen atoms in total. The van der Waals surface area contributed by atoms with Crippen LogP contribution in [-0.4, -0.2) is 27.8 Å². The minimum atomic E-state index is -0.547. The second kappa shape index (κ2) is 4.18. The van der Waals surface area contributed by atoms with E-state index < -0.39 is 5.97 Å². The number of methoxy groups -OCH3 is 1.